The van der Waals surface area contributed by atoms with Gasteiger partial charge in [0, 0.05) is 12.4 Å². The molecule has 90 valence electrons. The standard InChI is InChI=1S/C14H11BrN2O/c15-13-7-6-12-14(18)16(8-9-17(12)13)10-11-4-2-1-3-5-11/h1-9H,10H2. The molecule has 0 spiro atoms. The molecule has 0 aliphatic carbocycles. The van der Waals surface area contributed by atoms with Gasteiger partial charge in [0.05, 0.1) is 11.1 Å². The highest BCUT2D eigenvalue weighted by atomic mass is 79.9. The lowest BCUT2D eigenvalue weighted by atomic mass is 10.2. The van der Waals surface area contributed by atoms with Crippen molar-refractivity contribution in [1.82, 2.24) is 8.97 Å². The quantitative estimate of drug-likeness (QED) is 0.715. The Morgan fingerprint density at radius 2 is 1.78 bits per heavy atom. The van der Waals surface area contributed by atoms with E-state index in [9.17, 15) is 4.79 Å². The lowest BCUT2D eigenvalue weighted by molar-refractivity contribution is 0.752. The van der Waals surface area contributed by atoms with E-state index in [2.05, 4.69) is 15.9 Å². The topological polar surface area (TPSA) is 26.4 Å². The first-order chi connectivity index (χ1) is 8.75. The summed E-state index contributed by atoms with van der Waals surface area (Å²) in [5, 5.41) is 0. The van der Waals surface area contributed by atoms with E-state index in [4.69, 9.17) is 0 Å². The molecule has 0 atom stereocenters. The van der Waals surface area contributed by atoms with Gasteiger partial charge in [0.2, 0.25) is 0 Å². The molecular formula is C14H11BrN2O. The number of aromatic nitrogens is 2. The van der Waals surface area contributed by atoms with Crippen LogP contribution < -0.4 is 5.56 Å². The third-order valence-electron chi connectivity index (χ3n) is 2.94. The summed E-state index contributed by atoms with van der Waals surface area (Å²) in [5.41, 5.74) is 1.82. The number of hydrogen-bond donors (Lipinski definition) is 0. The Balaban J connectivity index is 2.08. The monoisotopic (exact) mass is 302 g/mol. The molecule has 18 heavy (non-hydrogen) atoms. The Morgan fingerprint density at radius 1 is 1.00 bits per heavy atom. The van der Waals surface area contributed by atoms with Gasteiger partial charge in [-0.3, -0.25) is 4.79 Å². The van der Waals surface area contributed by atoms with Crippen molar-refractivity contribution in [2.75, 3.05) is 0 Å². The van der Waals surface area contributed by atoms with Crippen LogP contribution in [0.15, 0.2) is 64.3 Å². The molecule has 0 saturated carbocycles. The van der Waals surface area contributed by atoms with Crippen LogP contribution in [0.5, 0.6) is 0 Å². The SMILES string of the molecule is O=c1c2ccc(Br)n2ccn1Cc1ccccc1. The summed E-state index contributed by atoms with van der Waals surface area (Å²) in [6.45, 7) is 0.596. The van der Waals surface area contributed by atoms with Crippen LogP contribution in [0.1, 0.15) is 5.56 Å². The van der Waals surface area contributed by atoms with Crippen molar-refractivity contribution >= 4 is 21.4 Å². The van der Waals surface area contributed by atoms with Crippen molar-refractivity contribution in [1.29, 1.82) is 0 Å². The summed E-state index contributed by atoms with van der Waals surface area (Å²) in [7, 11) is 0. The second-order valence-corrected chi connectivity index (χ2v) is 4.94. The Morgan fingerprint density at radius 3 is 2.56 bits per heavy atom. The summed E-state index contributed by atoms with van der Waals surface area (Å²) >= 11 is 3.41. The molecule has 3 aromatic rings. The molecule has 3 rings (SSSR count). The first-order valence-electron chi connectivity index (χ1n) is 5.65. The number of nitrogens with zero attached hydrogens (tertiary/aromatic N) is 2. The average Bonchev–Trinajstić information content (AvgIpc) is 2.77. The van der Waals surface area contributed by atoms with E-state index in [1.54, 1.807) is 4.57 Å². The van der Waals surface area contributed by atoms with Crippen molar-refractivity contribution in [3.63, 3.8) is 0 Å². The average molecular weight is 303 g/mol. The highest BCUT2D eigenvalue weighted by Crippen LogP contribution is 2.12. The molecule has 0 N–H and O–H groups in total. The Hall–Kier alpha value is -1.81. The van der Waals surface area contributed by atoms with Crippen molar-refractivity contribution in [2.24, 2.45) is 0 Å². The van der Waals surface area contributed by atoms with Crippen LogP contribution in [-0.2, 0) is 6.54 Å². The fourth-order valence-corrected chi connectivity index (χ4v) is 2.46. The lowest BCUT2D eigenvalue weighted by Crippen LogP contribution is -2.21. The molecule has 2 heterocycles. The summed E-state index contributed by atoms with van der Waals surface area (Å²) in [5.74, 6) is 0. The van der Waals surface area contributed by atoms with Gasteiger partial charge in [-0.2, -0.15) is 0 Å². The van der Waals surface area contributed by atoms with Gasteiger partial charge in [-0.25, -0.2) is 0 Å². The van der Waals surface area contributed by atoms with E-state index in [1.807, 2.05) is 59.3 Å². The molecule has 0 bridgehead atoms. The third-order valence-corrected chi connectivity index (χ3v) is 3.59. The van der Waals surface area contributed by atoms with E-state index in [0.29, 0.717) is 12.1 Å². The molecule has 0 unspecified atom stereocenters. The zero-order chi connectivity index (χ0) is 12.5. The summed E-state index contributed by atoms with van der Waals surface area (Å²) < 4.78 is 4.45. The van der Waals surface area contributed by atoms with Crippen LogP contribution in [0.4, 0.5) is 0 Å². The molecule has 0 saturated heterocycles. The van der Waals surface area contributed by atoms with Crippen LogP contribution >= 0.6 is 15.9 Å². The van der Waals surface area contributed by atoms with Crippen molar-refractivity contribution in [3.05, 3.63) is 75.4 Å². The van der Waals surface area contributed by atoms with Gasteiger partial charge in [-0.1, -0.05) is 30.3 Å². The van der Waals surface area contributed by atoms with Crippen LogP contribution in [0.3, 0.4) is 0 Å². The minimum Gasteiger partial charge on any atom is -0.308 e. The number of rotatable bonds is 2. The van der Waals surface area contributed by atoms with E-state index < -0.39 is 0 Å². The maximum absolute atomic E-state index is 12.3. The minimum absolute atomic E-state index is 0.0204. The van der Waals surface area contributed by atoms with Gasteiger partial charge >= 0.3 is 0 Å². The highest BCUT2D eigenvalue weighted by Gasteiger charge is 2.05. The fourth-order valence-electron chi connectivity index (χ4n) is 2.02. The molecule has 1 aromatic carbocycles. The maximum Gasteiger partial charge on any atom is 0.275 e. The van der Waals surface area contributed by atoms with Gasteiger partial charge in [-0.05, 0) is 33.6 Å². The lowest BCUT2D eigenvalue weighted by Gasteiger charge is -2.06. The van der Waals surface area contributed by atoms with E-state index in [0.717, 1.165) is 10.2 Å². The molecule has 4 heteroatoms. The van der Waals surface area contributed by atoms with Gasteiger partial charge < -0.3 is 8.97 Å². The zero-order valence-electron chi connectivity index (χ0n) is 9.58. The summed E-state index contributed by atoms with van der Waals surface area (Å²) in [4.78, 5) is 12.3. The molecule has 0 radical (unpaired) electrons. The molecule has 2 aromatic heterocycles. The van der Waals surface area contributed by atoms with Gasteiger partial charge in [-0.15, -0.1) is 0 Å². The van der Waals surface area contributed by atoms with Crippen LogP contribution in [0.25, 0.3) is 5.52 Å². The second-order valence-electron chi connectivity index (χ2n) is 4.13. The first kappa shape index (κ1) is 11.3. The minimum atomic E-state index is 0.0204. The summed E-state index contributed by atoms with van der Waals surface area (Å²) in [6, 6.07) is 13.7. The zero-order valence-corrected chi connectivity index (χ0v) is 11.2. The number of benzene rings is 1. The molecule has 0 aliphatic heterocycles. The third kappa shape index (κ3) is 1.88. The van der Waals surface area contributed by atoms with Crippen molar-refractivity contribution in [2.45, 2.75) is 6.54 Å². The first-order valence-corrected chi connectivity index (χ1v) is 6.45. The summed E-state index contributed by atoms with van der Waals surface area (Å²) in [6.07, 6.45) is 3.71. The van der Waals surface area contributed by atoms with Crippen LogP contribution in [0, 0.1) is 0 Å². The maximum atomic E-state index is 12.3. The van der Waals surface area contributed by atoms with Gasteiger partial charge in [0.1, 0.15) is 5.52 Å². The largest absolute Gasteiger partial charge is 0.308 e. The molecular weight excluding hydrogens is 292 g/mol. The molecule has 0 amide bonds. The van der Waals surface area contributed by atoms with Gasteiger partial charge in [0.15, 0.2) is 0 Å². The van der Waals surface area contributed by atoms with Crippen LogP contribution in [-0.4, -0.2) is 8.97 Å². The Kier molecular flexibility index (Phi) is 2.80. The Bertz CT molecular complexity index is 743. The van der Waals surface area contributed by atoms with Crippen molar-refractivity contribution < 1.29 is 0 Å². The molecule has 0 fully saturated rings. The highest BCUT2D eigenvalue weighted by molar-refractivity contribution is 9.10. The van der Waals surface area contributed by atoms with Crippen molar-refractivity contribution in [3.8, 4) is 0 Å². The van der Waals surface area contributed by atoms with Gasteiger partial charge in [0.25, 0.3) is 5.56 Å². The predicted molar refractivity (Wildman–Crippen MR) is 74.9 cm³/mol. The van der Waals surface area contributed by atoms with Crippen LogP contribution in [0.2, 0.25) is 0 Å². The van der Waals surface area contributed by atoms with E-state index in [-0.39, 0.29) is 5.56 Å². The number of halogens is 1. The second kappa shape index (κ2) is 4.46. The van der Waals surface area contributed by atoms with E-state index >= 15 is 0 Å². The number of fused-ring (bicyclic) bond motifs is 1. The normalized spacial score (nSPS) is 10.9. The molecule has 3 nitrogen and oxygen atoms in total. The van der Waals surface area contributed by atoms with E-state index in [1.165, 1.54) is 0 Å². The Labute approximate surface area is 112 Å². The number of hydrogen-bond acceptors (Lipinski definition) is 1. The fraction of sp³-hybridized carbons (Fsp3) is 0.0714. The predicted octanol–water partition coefficient (Wildman–Crippen LogP) is 2.91. The smallest absolute Gasteiger partial charge is 0.275 e. The molecule has 0 aliphatic rings.